The molecule has 0 unspecified atom stereocenters. The number of nitrogens with zero attached hydrogens (tertiary/aromatic N) is 2. The van der Waals surface area contributed by atoms with Gasteiger partial charge < -0.3 is 10.6 Å². The number of piperidine rings is 1. The number of likely N-dealkylation sites (tertiary alicyclic amines) is 1. The molecule has 0 radical (unpaired) electrons. The van der Waals surface area contributed by atoms with Crippen LogP contribution in [-0.2, 0) is 16.0 Å². The van der Waals surface area contributed by atoms with E-state index in [0.717, 1.165) is 29.3 Å². The molecule has 1 aliphatic heterocycles. The summed E-state index contributed by atoms with van der Waals surface area (Å²) in [7, 11) is 0. The second-order valence-electron chi connectivity index (χ2n) is 6.16. The largest absolute Gasteiger partial charge is 0.370 e. The first-order chi connectivity index (χ1) is 11.1. The molecular weight excluding hydrogens is 290 g/mol. The molecule has 1 aromatic heterocycles. The number of pyridine rings is 1. The Hall–Kier alpha value is -2.43. The second-order valence-corrected chi connectivity index (χ2v) is 6.16. The van der Waals surface area contributed by atoms with Crippen LogP contribution >= 0.6 is 0 Å². The average Bonchev–Trinajstić information content (AvgIpc) is 2.55. The number of carbonyl (C=O) groups is 2. The van der Waals surface area contributed by atoms with E-state index in [2.05, 4.69) is 4.98 Å². The molecule has 2 aromatic rings. The molecule has 1 aromatic carbocycles. The van der Waals surface area contributed by atoms with Crippen molar-refractivity contribution in [3.05, 3.63) is 42.1 Å². The summed E-state index contributed by atoms with van der Waals surface area (Å²) in [5.41, 5.74) is 7.11. The first kappa shape index (κ1) is 15.5. The van der Waals surface area contributed by atoms with Crippen molar-refractivity contribution in [3.63, 3.8) is 0 Å². The lowest BCUT2D eigenvalue weighted by Gasteiger charge is -2.31. The lowest BCUT2D eigenvalue weighted by atomic mass is 9.93. The molecule has 1 aliphatic rings. The summed E-state index contributed by atoms with van der Waals surface area (Å²) >= 11 is 0. The summed E-state index contributed by atoms with van der Waals surface area (Å²) in [5, 5.41) is 1.05. The zero-order valence-corrected chi connectivity index (χ0v) is 13.1. The maximum atomic E-state index is 12.5. The highest BCUT2D eigenvalue weighted by molar-refractivity contribution is 5.87. The summed E-state index contributed by atoms with van der Waals surface area (Å²) in [6, 6.07) is 9.84. The minimum absolute atomic E-state index is 0.126. The number of aromatic nitrogens is 1. The van der Waals surface area contributed by atoms with E-state index in [1.807, 2.05) is 35.2 Å². The molecule has 3 rings (SSSR count). The molecule has 2 amide bonds. The van der Waals surface area contributed by atoms with Crippen molar-refractivity contribution in [2.75, 3.05) is 13.1 Å². The third-order valence-corrected chi connectivity index (χ3v) is 4.52. The Kier molecular flexibility index (Phi) is 4.55. The predicted octanol–water partition coefficient (Wildman–Crippen LogP) is 1.89. The Balaban J connectivity index is 1.64. The van der Waals surface area contributed by atoms with Gasteiger partial charge in [0.15, 0.2) is 0 Å². The Morgan fingerprint density at radius 1 is 1.17 bits per heavy atom. The molecule has 0 aliphatic carbocycles. The highest BCUT2D eigenvalue weighted by Gasteiger charge is 2.24. The quantitative estimate of drug-likeness (QED) is 0.937. The monoisotopic (exact) mass is 311 g/mol. The second kappa shape index (κ2) is 6.77. The molecule has 2 N–H and O–H groups in total. The molecule has 2 heterocycles. The Morgan fingerprint density at radius 2 is 1.91 bits per heavy atom. The van der Waals surface area contributed by atoms with Gasteiger partial charge in [0, 0.05) is 31.1 Å². The lowest BCUT2D eigenvalue weighted by molar-refractivity contribution is -0.131. The minimum atomic E-state index is -0.253. The molecule has 120 valence electrons. The van der Waals surface area contributed by atoms with Gasteiger partial charge in [-0.3, -0.25) is 14.6 Å². The molecule has 1 fully saturated rings. The number of benzene rings is 1. The molecule has 5 nitrogen and oxygen atoms in total. The molecule has 0 spiro atoms. The van der Waals surface area contributed by atoms with Gasteiger partial charge >= 0.3 is 0 Å². The van der Waals surface area contributed by atoms with Gasteiger partial charge in [-0.05, 0) is 30.4 Å². The van der Waals surface area contributed by atoms with Crippen molar-refractivity contribution in [1.82, 2.24) is 9.88 Å². The number of carbonyl (C=O) groups excluding carboxylic acids is 2. The minimum Gasteiger partial charge on any atom is -0.370 e. The van der Waals surface area contributed by atoms with Crippen LogP contribution in [0.5, 0.6) is 0 Å². The molecule has 0 saturated carbocycles. The van der Waals surface area contributed by atoms with E-state index in [-0.39, 0.29) is 11.8 Å². The van der Waals surface area contributed by atoms with Crippen molar-refractivity contribution >= 4 is 22.7 Å². The Morgan fingerprint density at radius 3 is 2.65 bits per heavy atom. The third kappa shape index (κ3) is 3.67. The van der Waals surface area contributed by atoms with Crippen LogP contribution in [0.25, 0.3) is 10.9 Å². The van der Waals surface area contributed by atoms with Crippen LogP contribution < -0.4 is 5.73 Å². The van der Waals surface area contributed by atoms with Gasteiger partial charge in [0.25, 0.3) is 0 Å². The number of primary amides is 1. The van der Waals surface area contributed by atoms with E-state index in [1.165, 1.54) is 0 Å². The summed E-state index contributed by atoms with van der Waals surface area (Å²) in [6.07, 6.45) is 4.25. The van der Waals surface area contributed by atoms with E-state index in [1.54, 1.807) is 6.20 Å². The van der Waals surface area contributed by atoms with Gasteiger partial charge in [-0.25, -0.2) is 0 Å². The average molecular weight is 311 g/mol. The van der Waals surface area contributed by atoms with Crippen molar-refractivity contribution in [2.24, 2.45) is 11.7 Å². The molecule has 23 heavy (non-hydrogen) atoms. The molecular formula is C18H21N3O2. The van der Waals surface area contributed by atoms with Gasteiger partial charge in [0.1, 0.15) is 0 Å². The van der Waals surface area contributed by atoms with E-state index >= 15 is 0 Å². The normalized spacial score (nSPS) is 15.7. The smallest absolute Gasteiger partial charge is 0.227 e. The maximum Gasteiger partial charge on any atom is 0.227 e. The van der Waals surface area contributed by atoms with Gasteiger partial charge in [-0.2, -0.15) is 0 Å². The van der Waals surface area contributed by atoms with Crippen LogP contribution in [0.1, 0.15) is 24.8 Å². The molecule has 1 saturated heterocycles. The van der Waals surface area contributed by atoms with E-state index in [4.69, 9.17) is 5.73 Å². The number of amides is 2. The van der Waals surface area contributed by atoms with Crippen LogP contribution in [0.4, 0.5) is 0 Å². The summed E-state index contributed by atoms with van der Waals surface area (Å²) in [6.45, 7) is 1.41. The Bertz CT molecular complexity index is 716. The first-order valence-electron chi connectivity index (χ1n) is 8.02. The molecule has 5 heteroatoms. The van der Waals surface area contributed by atoms with E-state index in [9.17, 15) is 9.59 Å². The summed E-state index contributed by atoms with van der Waals surface area (Å²) < 4.78 is 0. The molecule has 0 bridgehead atoms. The van der Waals surface area contributed by atoms with Gasteiger partial charge in [-0.1, -0.05) is 24.3 Å². The summed E-state index contributed by atoms with van der Waals surface area (Å²) in [4.78, 5) is 29.8. The number of nitrogens with two attached hydrogens (primary N) is 1. The fourth-order valence-corrected chi connectivity index (χ4v) is 3.26. The van der Waals surface area contributed by atoms with Crippen molar-refractivity contribution in [2.45, 2.75) is 25.7 Å². The van der Waals surface area contributed by atoms with Crippen molar-refractivity contribution < 1.29 is 9.59 Å². The SMILES string of the molecule is NC(=O)CC1CCN(C(=O)Cc2cccc3cccnc23)CC1. The first-order valence-corrected chi connectivity index (χ1v) is 8.02. The maximum absolute atomic E-state index is 12.5. The van der Waals surface area contributed by atoms with Crippen molar-refractivity contribution in [1.29, 1.82) is 0 Å². The van der Waals surface area contributed by atoms with E-state index in [0.29, 0.717) is 31.8 Å². The molecule has 0 atom stereocenters. The topological polar surface area (TPSA) is 76.3 Å². The Labute approximate surface area is 135 Å². The van der Waals surface area contributed by atoms with Crippen LogP contribution in [0.2, 0.25) is 0 Å². The highest BCUT2D eigenvalue weighted by atomic mass is 16.2. The number of para-hydroxylation sites is 1. The number of hydrogen-bond acceptors (Lipinski definition) is 3. The highest BCUT2D eigenvalue weighted by Crippen LogP contribution is 2.22. The number of rotatable bonds is 4. The van der Waals surface area contributed by atoms with Crippen LogP contribution in [0, 0.1) is 5.92 Å². The number of hydrogen-bond donors (Lipinski definition) is 1. The lowest BCUT2D eigenvalue weighted by Crippen LogP contribution is -2.40. The predicted molar refractivity (Wildman–Crippen MR) is 88.6 cm³/mol. The van der Waals surface area contributed by atoms with Gasteiger partial charge in [0.05, 0.1) is 11.9 Å². The number of fused-ring (bicyclic) bond motifs is 1. The van der Waals surface area contributed by atoms with Crippen LogP contribution in [0.3, 0.4) is 0 Å². The van der Waals surface area contributed by atoms with Gasteiger partial charge in [0.2, 0.25) is 11.8 Å². The fraction of sp³-hybridized carbons (Fsp3) is 0.389. The zero-order chi connectivity index (χ0) is 16.2. The van der Waals surface area contributed by atoms with Crippen molar-refractivity contribution in [3.8, 4) is 0 Å². The summed E-state index contributed by atoms with van der Waals surface area (Å²) in [5.74, 6) is 0.188. The van der Waals surface area contributed by atoms with Crippen LogP contribution in [0.15, 0.2) is 36.5 Å². The third-order valence-electron chi connectivity index (χ3n) is 4.52. The van der Waals surface area contributed by atoms with Crippen LogP contribution in [-0.4, -0.2) is 34.8 Å². The van der Waals surface area contributed by atoms with Gasteiger partial charge in [-0.15, -0.1) is 0 Å². The fourth-order valence-electron chi connectivity index (χ4n) is 3.26. The van der Waals surface area contributed by atoms with E-state index < -0.39 is 0 Å². The zero-order valence-electron chi connectivity index (χ0n) is 13.1. The standard InChI is InChI=1S/C18H21N3O2/c19-16(22)11-13-6-9-21(10-7-13)17(23)12-15-4-1-3-14-5-2-8-20-18(14)15/h1-5,8,13H,6-7,9-12H2,(H2,19,22).